The number of hydrogen-bond acceptors (Lipinski definition) is 4. The van der Waals surface area contributed by atoms with Crippen molar-refractivity contribution in [3.05, 3.63) is 0 Å². The van der Waals surface area contributed by atoms with Crippen LogP contribution < -0.4 is 11.5 Å². The molecule has 15 heavy (non-hydrogen) atoms. The number of hydrogen-bond donors (Lipinski definition) is 2. The molecule has 0 saturated heterocycles. The molecule has 92 valence electrons. The van der Waals surface area contributed by atoms with E-state index in [1.54, 1.807) is 0 Å². The van der Waals surface area contributed by atoms with Crippen molar-refractivity contribution in [2.75, 3.05) is 39.5 Å². The van der Waals surface area contributed by atoms with Crippen LogP contribution in [-0.2, 0) is 9.47 Å². The highest BCUT2D eigenvalue weighted by molar-refractivity contribution is 4.53. The summed E-state index contributed by atoms with van der Waals surface area (Å²) in [5.74, 6) is 0.878. The van der Waals surface area contributed by atoms with Crippen molar-refractivity contribution in [1.82, 2.24) is 0 Å². The average molecular weight is 218 g/mol. The van der Waals surface area contributed by atoms with Crippen LogP contribution in [0.25, 0.3) is 0 Å². The first kappa shape index (κ1) is 14.8. The van der Waals surface area contributed by atoms with Gasteiger partial charge in [0.1, 0.15) is 0 Å². The summed E-state index contributed by atoms with van der Waals surface area (Å²) in [6, 6.07) is 0. The highest BCUT2D eigenvalue weighted by Gasteiger charge is 2.04. The molecule has 0 saturated carbocycles. The zero-order valence-corrected chi connectivity index (χ0v) is 10.1. The van der Waals surface area contributed by atoms with E-state index in [2.05, 4.69) is 13.8 Å². The quantitative estimate of drug-likeness (QED) is 0.527. The van der Waals surface area contributed by atoms with Crippen LogP contribution in [0.15, 0.2) is 0 Å². The molecule has 0 spiro atoms. The van der Waals surface area contributed by atoms with Crippen LogP contribution in [0.5, 0.6) is 0 Å². The molecule has 2 unspecified atom stereocenters. The van der Waals surface area contributed by atoms with E-state index in [-0.39, 0.29) is 0 Å². The standard InChI is InChI=1S/C11H26N2O2/c1-10(6-13)7-15-9-11(2)8-14-5-3-4-12/h10-11H,3-9,12-13H2,1-2H3. The summed E-state index contributed by atoms with van der Waals surface area (Å²) in [7, 11) is 0. The topological polar surface area (TPSA) is 70.5 Å². The molecule has 0 aromatic rings. The third-order valence-corrected chi connectivity index (χ3v) is 2.10. The zero-order chi connectivity index (χ0) is 11.5. The molecule has 0 fully saturated rings. The molecular weight excluding hydrogens is 192 g/mol. The molecule has 0 aliphatic carbocycles. The molecule has 2 atom stereocenters. The van der Waals surface area contributed by atoms with Crippen LogP contribution in [0.3, 0.4) is 0 Å². The second-order valence-corrected chi connectivity index (χ2v) is 4.20. The Labute approximate surface area is 93.3 Å². The number of ether oxygens (including phenoxy) is 2. The van der Waals surface area contributed by atoms with Gasteiger partial charge in [-0.05, 0) is 25.4 Å². The lowest BCUT2D eigenvalue weighted by Gasteiger charge is -2.14. The van der Waals surface area contributed by atoms with Gasteiger partial charge in [0.15, 0.2) is 0 Å². The van der Waals surface area contributed by atoms with Gasteiger partial charge in [-0.2, -0.15) is 0 Å². The maximum Gasteiger partial charge on any atom is 0.0513 e. The summed E-state index contributed by atoms with van der Waals surface area (Å²) in [5.41, 5.74) is 10.8. The van der Waals surface area contributed by atoms with E-state index >= 15 is 0 Å². The normalized spacial score (nSPS) is 15.2. The first-order valence-electron chi connectivity index (χ1n) is 5.76. The number of rotatable bonds is 10. The zero-order valence-electron chi connectivity index (χ0n) is 10.1. The molecule has 0 bridgehead atoms. The summed E-state index contributed by atoms with van der Waals surface area (Å²) in [6.45, 7) is 8.56. The third-order valence-electron chi connectivity index (χ3n) is 2.10. The molecule has 0 aliphatic rings. The van der Waals surface area contributed by atoms with Crippen molar-refractivity contribution in [2.45, 2.75) is 20.3 Å². The Balaban J connectivity index is 3.21. The van der Waals surface area contributed by atoms with Crippen LogP contribution >= 0.6 is 0 Å². The third kappa shape index (κ3) is 10.1. The highest BCUT2D eigenvalue weighted by atomic mass is 16.5. The first-order valence-corrected chi connectivity index (χ1v) is 5.76. The predicted octanol–water partition coefficient (Wildman–Crippen LogP) is 0.599. The van der Waals surface area contributed by atoms with E-state index < -0.39 is 0 Å². The van der Waals surface area contributed by atoms with Gasteiger partial charge in [0.2, 0.25) is 0 Å². The predicted molar refractivity (Wildman–Crippen MR) is 62.7 cm³/mol. The van der Waals surface area contributed by atoms with Crippen molar-refractivity contribution in [3.63, 3.8) is 0 Å². The monoisotopic (exact) mass is 218 g/mol. The van der Waals surface area contributed by atoms with E-state index in [1.807, 2.05) is 0 Å². The number of nitrogens with two attached hydrogens (primary N) is 2. The van der Waals surface area contributed by atoms with Gasteiger partial charge < -0.3 is 20.9 Å². The van der Waals surface area contributed by atoms with Gasteiger partial charge in [0.05, 0.1) is 19.8 Å². The van der Waals surface area contributed by atoms with Crippen molar-refractivity contribution in [3.8, 4) is 0 Å². The van der Waals surface area contributed by atoms with Crippen LogP contribution in [0.2, 0.25) is 0 Å². The molecule has 0 aliphatic heterocycles. The summed E-state index contributed by atoms with van der Waals surface area (Å²) in [5, 5.41) is 0. The van der Waals surface area contributed by atoms with Gasteiger partial charge in [0.25, 0.3) is 0 Å². The lowest BCUT2D eigenvalue weighted by molar-refractivity contribution is 0.0356. The summed E-state index contributed by atoms with van der Waals surface area (Å²) < 4.78 is 11.0. The second kappa shape index (κ2) is 10.4. The Kier molecular flexibility index (Phi) is 10.3. The summed E-state index contributed by atoms with van der Waals surface area (Å²) in [4.78, 5) is 0. The lowest BCUT2D eigenvalue weighted by Crippen LogP contribution is -2.20. The molecule has 0 heterocycles. The van der Waals surface area contributed by atoms with Crippen molar-refractivity contribution in [2.24, 2.45) is 23.3 Å². The fraction of sp³-hybridized carbons (Fsp3) is 1.00. The smallest absolute Gasteiger partial charge is 0.0513 e. The Hall–Kier alpha value is -0.160. The summed E-state index contributed by atoms with van der Waals surface area (Å²) >= 11 is 0. The van der Waals surface area contributed by atoms with Crippen molar-refractivity contribution in [1.29, 1.82) is 0 Å². The van der Waals surface area contributed by atoms with E-state index in [9.17, 15) is 0 Å². The van der Waals surface area contributed by atoms with Crippen molar-refractivity contribution < 1.29 is 9.47 Å². The minimum absolute atomic E-state index is 0.438. The van der Waals surface area contributed by atoms with E-state index in [4.69, 9.17) is 20.9 Å². The van der Waals surface area contributed by atoms with E-state index in [0.717, 1.165) is 32.8 Å². The highest BCUT2D eigenvalue weighted by Crippen LogP contribution is 2.00. The van der Waals surface area contributed by atoms with Gasteiger partial charge in [-0.1, -0.05) is 13.8 Å². The minimum atomic E-state index is 0.438. The van der Waals surface area contributed by atoms with E-state index in [1.165, 1.54) is 0 Å². The minimum Gasteiger partial charge on any atom is -0.381 e. The molecule has 4 N–H and O–H groups in total. The largest absolute Gasteiger partial charge is 0.381 e. The van der Waals surface area contributed by atoms with Crippen molar-refractivity contribution >= 4 is 0 Å². The Morgan fingerprint density at radius 2 is 1.53 bits per heavy atom. The van der Waals surface area contributed by atoms with Gasteiger partial charge >= 0.3 is 0 Å². The molecule has 0 radical (unpaired) electrons. The van der Waals surface area contributed by atoms with E-state index in [0.29, 0.717) is 24.9 Å². The molecule has 0 amide bonds. The van der Waals surface area contributed by atoms with Crippen LogP contribution in [0, 0.1) is 11.8 Å². The maximum absolute atomic E-state index is 5.52. The summed E-state index contributed by atoms with van der Waals surface area (Å²) in [6.07, 6.45) is 0.928. The lowest BCUT2D eigenvalue weighted by atomic mass is 10.2. The van der Waals surface area contributed by atoms with Crippen LogP contribution in [0.4, 0.5) is 0 Å². The van der Waals surface area contributed by atoms with Gasteiger partial charge in [-0.25, -0.2) is 0 Å². The fourth-order valence-corrected chi connectivity index (χ4v) is 1.06. The molecule has 0 aromatic carbocycles. The molecule has 0 rings (SSSR count). The average Bonchev–Trinajstić information content (AvgIpc) is 2.24. The van der Waals surface area contributed by atoms with Gasteiger partial charge in [-0.15, -0.1) is 0 Å². The van der Waals surface area contributed by atoms with Gasteiger partial charge in [0, 0.05) is 12.5 Å². The Bertz CT molecular complexity index is 134. The SMILES string of the molecule is CC(CN)COCC(C)COCCCN. The van der Waals surface area contributed by atoms with Crippen LogP contribution in [-0.4, -0.2) is 39.5 Å². The maximum atomic E-state index is 5.52. The molecule has 4 nitrogen and oxygen atoms in total. The first-order chi connectivity index (χ1) is 7.20. The Morgan fingerprint density at radius 3 is 2.13 bits per heavy atom. The molecule has 4 heteroatoms. The fourth-order valence-electron chi connectivity index (χ4n) is 1.06. The molecule has 0 aromatic heterocycles. The Morgan fingerprint density at radius 1 is 0.933 bits per heavy atom. The molecular formula is C11H26N2O2. The van der Waals surface area contributed by atoms with Crippen LogP contribution in [0.1, 0.15) is 20.3 Å². The van der Waals surface area contributed by atoms with Gasteiger partial charge in [-0.3, -0.25) is 0 Å². The second-order valence-electron chi connectivity index (χ2n) is 4.20.